The van der Waals surface area contributed by atoms with Crippen molar-refractivity contribution in [3.63, 3.8) is 0 Å². The number of carbonyl (C=O) groups excluding carboxylic acids is 1. The summed E-state index contributed by atoms with van der Waals surface area (Å²) in [6.45, 7) is 1.75. The largest absolute Gasteiger partial charge is 0.347 e. The van der Waals surface area contributed by atoms with Gasteiger partial charge in [-0.3, -0.25) is 0 Å². The molecule has 92 valence electrons. The summed E-state index contributed by atoms with van der Waals surface area (Å²) in [6.07, 6.45) is 2.01. The molecule has 1 aliphatic rings. The third kappa shape index (κ3) is 2.16. The molecule has 0 N–H and O–H groups in total. The molecule has 2 aromatic rings. The molecule has 1 saturated heterocycles. The molecule has 0 saturated carbocycles. The van der Waals surface area contributed by atoms with Crippen LogP contribution in [0.1, 0.15) is 6.42 Å². The summed E-state index contributed by atoms with van der Waals surface area (Å²) in [4.78, 5) is 17.6. The fraction of sp³-hybridized carbons (Fsp3) is 0.286. The van der Waals surface area contributed by atoms with Crippen LogP contribution in [-0.4, -0.2) is 24.4 Å². The maximum Gasteiger partial charge on any atom is 0.185 e. The molecule has 1 aromatic heterocycles. The number of thiazole rings is 1. The van der Waals surface area contributed by atoms with E-state index in [0.717, 1.165) is 42.2 Å². The zero-order valence-electron chi connectivity index (χ0n) is 9.95. The summed E-state index contributed by atoms with van der Waals surface area (Å²) in [5.41, 5.74) is 2.16. The van der Waals surface area contributed by atoms with Crippen molar-refractivity contribution in [3.05, 3.63) is 35.7 Å². The highest BCUT2D eigenvalue weighted by Gasteiger charge is 2.24. The highest BCUT2D eigenvalue weighted by molar-refractivity contribution is 7.14. The van der Waals surface area contributed by atoms with Gasteiger partial charge >= 0.3 is 0 Å². The van der Waals surface area contributed by atoms with E-state index in [0.29, 0.717) is 0 Å². The summed E-state index contributed by atoms with van der Waals surface area (Å²) in [5.74, 6) is 0.175. The molecular formula is C14H14N2OS. The second-order valence-corrected chi connectivity index (χ2v) is 5.35. The van der Waals surface area contributed by atoms with Gasteiger partial charge in [0, 0.05) is 30.0 Å². The molecule has 1 aliphatic heterocycles. The third-order valence-corrected chi connectivity index (χ3v) is 4.15. The van der Waals surface area contributed by atoms with Gasteiger partial charge in [-0.05, 0) is 6.42 Å². The zero-order chi connectivity index (χ0) is 12.4. The minimum atomic E-state index is 0.175. The second kappa shape index (κ2) is 4.90. The van der Waals surface area contributed by atoms with E-state index in [9.17, 15) is 4.79 Å². The first kappa shape index (κ1) is 11.4. The lowest BCUT2D eigenvalue weighted by Gasteiger charge is -2.12. The van der Waals surface area contributed by atoms with E-state index in [4.69, 9.17) is 0 Å². The van der Waals surface area contributed by atoms with Crippen molar-refractivity contribution in [1.82, 2.24) is 4.98 Å². The monoisotopic (exact) mass is 258 g/mol. The van der Waals surface area contributed by atoms with Gasteiger partial charge < -0.3 is 9.69 Å². The van der Waals surface area contributed by atoms with Crippen LogP contribution < -0.4 is 4.90 Å². The van der Waals surface area contributed by atoms with Gasteiger partial charge in [-0.2, -0.15) is 0 Å². The first-order valence-corrected chi connectivity index (χ1v) is 6.96. The van der Waals surface area contributed by atoms with Crippen LogP contribution in [0, 0.1) is 5.92 Å². The number of hydrogen-bond acceptors (Lipinski definition) is 4. The summed E-state index contributed by atoms with van der Waals surface area (Å²) >= 11 is 1.65. The number of benzene rings is 1. The van der Waals surface area contributed by atoms with Crippen LogP contribution in [0.4, 0.5) is 5.13 Å². The Morgan fingerprint density at radius 1 is 1.33 bits per heavy atom. The normalized spacial score (nSPS) is 19.1. The topological polar surface area (TPSA) is 33.2 Å². The van der Waals surface area contributed by atoms with Gasteiger partial charge in [0.2, 0.25) is 0 Å². The number of anilines is 1. The maximum atomic E-state index is 10.8. The molecule has 1 fully saturated rings. The number of aromatic nitrogens is 1. The predicted octanol–water partition coefficient (Wildman–Crippen LogP) is 2.84. The fourth-order valence-electron chi connectivity index (χ4n) is 2.22. The quantitative estimate of drug-likeness (QED) is 0.794. The molecule has 1 aromatic carbocycles. The Morgan fingerprint density at radius 2 is 2.17 bits per heavy atom. The molecule has 0 bridgehead atoms. The minimum Gasteiger partial charge on any atom is -0.347 e. The van der Waals surface area contributed by atoms with E-state index in [1.807, 2.05) is 18.2 Å². The molecule has 3 rings (SSSR count). The van der Waals surface area contributed by atoms with Crippen molar-refractivity contribution >= 4 is 22.8 Å². The van der Waals surface area contributed by atoms with Crippen LogP contribution in [0.25, 0.3) is 11.3 Å². The highest BCUT2D eigenvalue weighted by atomic mass is 32.1. The molecule has 3 nitrogen and oxygen atoms in total. The van der Waals surface area contributed by atoms with Gasteiger partial charge in [0.1, 0.15) is 6.29 Å². The Labute approximate surface area is 110 Å². The number of rotatable bonds is 3. The number of aldehydes is 1. The van der Waals surface area contributed by atoms with E-state index in [-0.39, 0.29) is 5.92 Å². The van der Waals surface area contributed by atoms with Crippen LogP contribution >= 0.6 is 11.3 Å². The lowest BCUT2D eigenvalue weighted by molar-refractivity contribution is -0.110. The van der Waals surface area contributed by atoms with Crippen molar-refractivity contribution in [1.29, 1.82) is 0 Å². The van der Waals surface area contributed by atoms with E-state index in [1.165, 1.54) is 0 Å². The van der Waals surface area contributed by atoms with Crippen molar-refractivity contribution in [2.45, 2.75) is 6.42 Å². The Balaban J connectivity index is 1.80. The molecule has 18 heavy (non-hydrogen) atoms. The predicted molar refractivity (Wildman–Crippen MR) is 73.9 cm³/mol. The smallest absolute Gasteiger partial charge is 0.185 e. The average Bonchev–Trinajstić information content (AvgIpc) is 3.08. The Morgan fingerprint density at radius 3 is 2.89 bits per heavy atom. The highest BCUT2D eigenvalue weighted by Crippen LogP contribution is 2.30. The average molecular weight is 258 g/mol. The first-order chi connectivity index (χ1) is 8.86. The molecule has 4 heteroatoms. The van der Waals surface area contributed by atoms with Crippen LogP contribution in [0.3, 0.4) is 0 Å². The van der Waals surface area contributed by atoms with Crippen LogP contribution in [0.15, 0.2) is 35.7 Å². The Bertz CT molecular complexity index is 538. The molecule has 1 unspecified atom stereocenters. The van der Waals surface area contributed by atoms with Crippen LogP contribution in [0.5, 0.6) is 0 Å². The Hall–Kier alpha value is -1.68. The van der Waals surface area contributed by atoms with Gasteiger partial charge in [0.05, 0.1) is 5.69 Å². The van der Waals surface area contributed by atoms with Gasteiger partial charge in [0.25, 0.3) is 0 Å². The molecule has 0 radical (unpaired) electrons. The second-order valence-electron chi connectivity index (χ2n) is 4.51. The van der Waals surface area contributed by atoms with Gasteiger partial charge in [0.15, 0.2) is 5.13 Å². The third-order valence-electron chi connectivity index (χ3n) is 3.25. The Kier molecular flexibility index (Phi) is 3.11. The number of hydrogen-bond donors (Lipinski definition) is 0. The molecular weight excluding hydrogens is 244 g/mol. The van der Waals surface area contributed by atoms with E-state index in [1.54, 1.807) is 11.3 Å². The van der Waals surface area contributed by atoms with Crippen molar-refractivity contribution in [2.75, 3.05) is 18.0 Å². The number of carbonyl (C=O) groups is 1. The fourth-order valence-corrected chi connectivity index (χ4v) is 3.09. The SMILES string of the molecule is O=CC1CCN(c2nc(-c3ccccc3)cs2)C1. The summed E-state index contributed by atoms with van der Waals surface area (Å²) in [6, 6.07) is 10.2. The summed E-state index contributed by atoms with van der Waals surface area (Å²) in [7, 11) is 0. The van der Waals surface area contributed by atoms with E-state index in [2.05, 4.69) is 27.4 Å². The standard InChI is InChI=1S/C14H14N2OS/c17-9-11-6-7-16(8-11)14-15-13(10-18-14)12-4-2-1-3-5-12/h1-5,9-11H,6-8H2. The maximum absolute atomic E-state index is 10.8. The van der Waals surface area contributed by atoms with Gasteiger partial charge in [-0.15, -0.1) is 11.3 Å². The molecule has 0 amide bonds. The summed E-state index contributed by atoms with van der Waals surface area (Å²) < 4.78 is 0. The zero-order valence-corrected chi connectivity index (χ0v) is 10.8. The van der Waals surface area contributed by atoms with E-state index >= 15 is 0 Å². The van der Waals surface area contributed by atoms with Gasteiger partial charge in [-0.25, -0.2) is 4.98 Å². The van der Waals surface area contributed by atoms with Crippen molar-refractivity contribution in [2.24, 2.45) is 5.92 Å². The first-order valence-electron chi connectivity index (χ1n) is 6.08. The van der Waals surface area contributed by atoms with Crippen LogP contribution in [-0.2, 0) is 4.79 Å². The molecule has 2 heterocycles. The molecule has 0 spiro atoms. The molecule has 1 atom stereocenters. The van der Waals surface area contributed by atoms with Gasteiger partial charge in [-0.1, -0.05) is 30.3 Å². The van der Waals surface area contributed by atoms with Crippen molar-refractivity contribution < 1.29 is 4.79 Å². The molecule has 0 aliphatic carbocycles. The lowest BCUT2D eigenvalue weighted by Crippen LogP contribution is -2.19. The van der Waals surface area contributed by atoms with Crippen LogP contribution in [0.2, 0.25) is 0 Å². The number of nitrogens with zero attached hydrogens (tertiary/aromatic N) is 2. The lowest BCUT2D eigenvalue weighted by atomic mass is 10.1. The summed E-state index contributed by atoms with van der Waals surface area (Å²) in [5, 5.41) is 3.11. The minimum absolute atomic E-state index is 0.175. The van der Waals surface area contributed by atoms with Crippen molar-refractivity contribution in [3.8, 4) is 11.3 Å². The van der Waals surface area contributed by atoms with E-state index < -0.39 is 0 Å².